The van der Waals surface area contributed by atoms with E-state index in [0.717, 1.165) is 31.9 Å². The van der Waals surface area contributed by atoms with Gasteiger partial charge in [-0.05, 0) is 35.4 Å². The molecule has 3 aromatic carbocycles. The molecule has 5 rings (SSSR count). The van der Waals surface area contributed by atoms with Crippen LogP contribution in [0.5, 0.6) is 17.4 Å². The van der Waals surface area contributed by atoms with Crippen molar-refractivity contribution in [3.05, 3.63) is 102 Å². The minimum atomic E-state index is 0.205. The van der Waals surface area contributed by atoms with Gasteiger partial charge in [0.15, 0.2) is 5.82 Å². The third-order valence-corrected chi connectivity index (χ3v) is 6.31. The summed E-state index contributed by atoms with van der Waals surface area (Å²) in [6, 6.07) is 28.9. The third-order valence-electron chi connectivity index (χ3n) is 6.31. The normalized spacial score (nSPS) is 14.2. The van der Waals surface area contributed by atoms with Crippen molar-refractivity contribution in [1.82, 2.24) is 14.9 Å². The zero-order valence-electron chi connectivity index (χ0n) is 19.7. The van der Waals surface area contributed by atoms with Crippen LogP contribution in [0.1, 0.15) is 17.2 Å². The smallest absolute Gasteiger partial charge is 0.248 e. The average molecular weight is 468 g/mol. The number of hydrogen-bond acceptors (Lipinski definition) is 7. The molecule has 0 aliphatic carbocycles. The van der Waals surface area contributed by atoms with Gasteiger partial charge in [0.25, 0.3) is 0 Å². The van der Waals surface area contributed by atoms with Crippen LogP contribution in [0.15, 0.2) is 91.3 Å². The molecule has 1 aromatic heterocycles. The molecule has 2 N–H and O–H groups in total. The molecule has 0 spiro atoms. The number of methoxy groups -OCH3 is 1. The Bertz CT molecular complexity index is 1190. The van der Waals surface area contributed by atoms with Gasteiger partial charge in [-0.1, -0.05) is 60.7 Å². The molecule has 0 atom stereocenters. The van der Waals surface area contributed by atoms with E-state index in [0.29, 0.717) is 23.1 Å². The fourth-order valence-corrected chi connectivity index (χ4v) is 4.54. The maximum absolute atomic E-state index is 6.46. The Kier molecular flexibility index (Phi) is 6.77. The fraction of sp³-hybridized carbons (Fsp3) is 0.214. The van der Waals surface area contributed by atoms with Crippen molar-refractivity contribution < 1.29 is 9.47 Å². The number of rotatable bonds is 7. The lowest BCUT2D eigenvalue weighted by molar-refractivity contribution is 0.212. The largest absolute Gasteiger partial charge is 0.497 e. The van der Waals surface area contributed by atoms with E-state index in [1.54, 1.807) is 7.11 Å². The zero-order chi connectivity index (χ0) is 24.0. The predicted molar refractivity (Wildman–Crippen MR) is 138 cm³/mol. The van der Waals surface area contributed by atoms with Gasteiger partial charge in [-0.3, -0.25) is 4.90 Å². The van der Waals surface area contributed by atoms with Gasteiger partial charge in [0.1, 0.15) is 23.5 Å². The summed E-state index contributed by atoms with van der Waals surface area (Å²) < 4.78 is 11.2. The Morgan fingerprint density at radius 1 is 0.743 bits per heavy atom. The molecule has 1 saturated heterocycles. The van der Waals surface area contributed by atoms with Crippen LogP contribution in [0.25, 0.3) is 0 Å². The summed E-state index contributed by atoms with van der Waals surface area (Å²) in [4.78, 5) is 13.5. The summed E-state index contributed by atoms with van der Waals surface area (Å²) in [6.07, 6.45) is 1.51. The van der Waals surface area contributed by atoms with Gasteiger partial charge in [0, 0.05) is 26.2 Å². The molecule has 0 radical (unpaired) electrons. The van der Waals surface area contributed by atoms with Crippen LogP contribution in [0.3, 0.4) is 0 Å². The average Bonchev–Trinajstić information content (AvgIpc) is 2.92. The molecular weight excluding hydrogens is 438 g/mol. The number of nitrogen functional groups attached to an aromatic ring is 1. The van der Waals surface area contributed by atoms with Crippen molar-refractivity contribution in [2.45, 2.75) is 6.04 Å². The number of nitrogens with two attached hydrogens (primary N) is 1. The molecule has 0 unspecified atom stereocenters. The van der Waals surface area contributed by atoms with Crippen molar-refractivity contribution in [1.29, 1.82) is 0 Å². The molecule has 7 nitrogen and oxygen atoms in total. The van der Waals surface area contributed by atoms with Crippen LogP contribution < -0.4 is 20.1 Å². The molecule has 35 heavy (non-hydrogen) atoms. The highest BCUT2D eigenvalue weighted by atomic mass is 16.5. The number of anilines is 2. The Labute approximate surface area is 205 Å². The lowest BCUT2D eigenvalue weighted by Gasteiger charge is -2.40. The fourth-order valence-electron chi connectivity index (χ4n) is 4.54. The van der Waals surface area contributed by atoms with E-state index < -0.39 is 0 Å². The molecule has 4 aromatic rings. The van der Waals surface area contributed by atoms with E-state index in [1.807, 2.05) is 24.3 Å². The summed E-state index contributed by atoms with van der Waals surface area (Å²) in [7, 11) is 1.63. The zero-order valence-corrected chi connectivity index (χ0v) is 19.7. The van der Waals surface area contributed by atoms with E-state index in [2.05, 4.69) is 80.4 Å². The van der Waals surface area contributed by atoms with Crippen LogP contribution >= 0.6 is 0 Å². The van der Waals surface area contributed by atoms with Crippen molar-refractivity contribution in [3.8, 4) is 17.4 Å². The second-order valence-electron chi connectivity index (χ2n) is 8.44. The molecule has 0 amide bonds. The lowest BCUT2D eigenvalue weighted by Crippen LogP contribution is -2.48. The monoisotopic (exact) mass is 467 g/mol. The number of ether oxygens (including phenoxy) is 2. The van der Waals surface area contributed by atoms with Gasteiger partial charge >= 0.3 is 0 Å². The van der Waals surface area contributed by atoms with E-state index in [9.17, 15) is 0 Å². The first-order valence-corrected chi connectivity index (χ1v) is 11.7. The van der Waals surface area contributed by atoms with E-state index >= 15 is 0 Å². The van der Waals surface area contributed by atoms with Crippen LogP contribution in [-0.2, 0) is 0 Å². The topological polar surface area (TPSA) is 76.7 Å². The second-order valence-corrected chi connectivity index (χ2v) is 8.44. The Morgan fingerprint density at radius 3 is 1.89 bits per heavy atom. The summed E-state index contributed by atoms with van der Waals surface area (Å²) in [6.45, 7) is 3.37. The third kappa shape index (κ3) is 5.05. The molecule has 1 fully saturated rings. The summed E-state index contributed by atoms with van der Waals surface area (Å²) in [5.74, 6) is 2.46. The minimum absolute atomic E-state index is 0.205. The standard InChI is InChI=1S/C28H29N5O2/c1-34-23-12-14-24(15-13-23)35-28-25(29)27(30-20-31-28)33-18-16-32(17-19-33)26(21-8-4-2-5-9-21)22-10-6-3-7-11-22/h2-15,20,26H,16-19,29H2,1H3. The van der Waals surface area contributed by atoms with Crippen LogP contribution in [0.4, 0.5) is 11.5 Å². The number of benzene rings is 3. The number of piperazine rings is 1. The highest BCUT2D eigenvalue weighted by Gasteiger charge is 2.28. The van der Waals surface area contributed by atoms with Crippen LogP contribution in [-0.4, -0.2) is 48.2 Å². The maximum atomic E-state index is 6.46. The van der Waals surface area contributed by atoms with Gasteiger partial charge < -0.3 is 20.1 Å². The lowest BCUT2D eigenvalue weighted by atomic mass is 9.96. The molecule has 7 heteroatoms. The Balaban J connectivity index is 1.32. The van der Waals surface area contributed by atoms with Gasteiger partial charge in [-0.25, -0.2) is 4.98 Å². The summed E-state index contributed by atoms with van der Waals surface area (Å²) >= 11 is 0. The van der Waals surface area contributed by atoms with Crippen LogP contribution in [0, 0.1) is 0 Å². The van der Waals surface area contributed by atoms with Gasteiger partial charge in [-0.15, -0.1) is 0 Å². The van der Waals surface area contributed by atoms with E-state index in [1.165, 1.54) is 17.5 Å². The number of nitrogens with zero attached hydrogens (tertiary/aromatic N) is 4. The summed E-state index contributed by atoms with van der Waals surface area (Å²) in [5.41, 5.74) is 9.50. The first kappa shape index (κ1) is 22.7. The highest BCUT2D eigenvalue weighted by Crippen LogP contribution is 2.34. The molecule has 0 saturated carbocycles. The van der Waals surface area contributed by atoms with E-state index in [4.69, 9.17) is 15.2 Å². The first-order chi connectivity index (χ1) is 17.2. The second kappa shape index (κ2) is 10.4. The maximum Gasteiger partial charge on any atom is 0.248 e. The van der Waals surface area contributed by atoms with Gasteiger partial charge in [0.05, 0.1) is 13.2 Å². The van der Waals surface area contributed by atoms with Crippen molar-refractivity contribution in [3.63, 3.8) is 0 Å². The van der Waals surface area contributed by atoms with E-state index in [-0.39, 0.29) is 6.04 Å². The molecule has 1 aliphatic heterocycles. The molecule has 0 bridgehead atoms. The Morgan fingerprint density at radius 2 is 1.31 bits per heavy atom. The first-order valence-electron chi connectivity index (χ1n) is 11.7. The van der Waals surface area contributed by atoms with Crippen molar-refractivity contribution in [2.75, 3.05) is 43.9 Å². The van der Waals surface area contributed by atoms with Crippen molar-refractivity contribution >= 4 is 11.5 Å². The predicted octanol–water partition coefficient (Wildman–Crippen LogP) is 4.77. The molecule has 178 valence electrons. The molecular formula is C28H29N5O2. The quantitative estimate of drug-likeness (QED) is 0.419. The van der Waals surface area contributed by atoms with Crippen molar-refractivity contribution in [2.24, 2.45) is 0 Å². The number of hydrogen-bond donors (Lipinski definition) is 1. The summed E-state index contributed by atoms with van der Waals surface area (Å²) in [5, 5.41) is 0. The highest BCUT2D eigenvalue weighted by molar-refractivity contribution is 5.68. The van der Waals surface area contributed by atoms with Gasteiger partial charge in [0.2, 0.25) is 5.88 Å². The van der Waals surface area contributed by atoms with Gasteiger partial charge in [-0.2, -0.15) is 4.98 Å². The van der Waals surface area contributed by atoms with Crippen LogP contribution in [0.2, 0.25) is 0 Å². The minimum Gasteiger partial charge on any atom is -0.497 e. The Hall–Kier alpha value is -4.10. The number of aromatic nitrogens is 2. The SMILES string of the molecule is COc1ccc(Oc2ncnc(N3CCN(C(c4ccccc4)c4ccccc4)CC3)c2N)cc1. The molecule has 1 aliphatic rings. The molecule has 2 heterocycles.